The maximum atomic E-state index is 12.9. The van der Waals surface area contributed by atoms with Crippen molar-refractivity contribution in [2.45, 2.75) is 56.8 Å². The van der Waals surface area contributed by atoms with E-state index < -0.39 is 0 Å². The molecule has 0 bridgehead atoms. The van der Waals surface area contributed by atoms with Crippen molar-refractivity contribution in [1.82, 2.24) is 9.80 Å². The molecule has 1 atom stereocenters. The minimum atomic E-state index is -0.000562. The molecule has 1 aromatic heterocycles. The molecule has 1 aliphatic carbocycles. The largest absolute Gasteiger partial charge is 0.459 e. The molecule has 2 aliphatic heterocycles. The lowest BCUT2D eigenvalue weighted by Crippen LogP contribution is -2.44. The van der Waals surface area contributed by atoms with E-state index in [1.165, 1.54) is 11.1 Å². The highest BCUT2D eigenvalue weighted by molar-refractivity contribution is 5.93. The fourth-order valence-electron chi connectivity index (χ4n) is 5.86. The highest BCUT2D eigenvalue weighted by Gasteiger charge is 2.46. The first kappa shape index (κ1) is 19.4. The Morgan fingerprint density at radius 1 is 1.03 bits per heavy atom. The van der Waals surface area contributed by atoms with E-state index in [-0.39, 0.29) is 11.3 Å². The normalized spacial score (nSPS) is 22.5. The van der Waals surface area contributed by atoms with Gasteiger partial charge in [0.25, 0.3) is 5.91 Å². The SMILES string of the molecule is Cc1ccoc1C(=O)N1CCC2(CC1)C[C@@H](CC(=O)N1CCCC1)c1ccccc12. The highest BCUT2D eigenvalue weighted by Crippen LogP contribution is 2.52. The quantitative estimate of drug-likeness (QED) is 0.765. The molecule has 0 saturated carbocycles. The fraction of sp³-hybridized carbons (Fsp3) is 0.520. The summed E-state index contributed by atoms with van der Waals surface area (Å²) in [6, 6.07) is 10.5. The first-order valence-corrected chi connectivity index (χ1v) is 11.3. The molecule has 30 heavy (non-hydrogen) atoms. The van der Waals surface area contributed by atoms with E-state index in [2.05, 4.69) is 24.3 Å². The maximum Gasteiger partial charge on any atom is 0.289 e. The van der Waals surface area contributed by atoms with Crippen LogP contribution in [-0.4, -0.2) is 47.8 Å². The van der Waals surface area contributed by atoms with Crippen LogP contribution in [0.2, 0.25) is 0 Å². The van der Waals surface area contributed by atoms with Gasteiger partial charge in [-0.3, -0.25) is 9.59 Å². The van der Waals surface area contributed by atoms with Crippen LogP contribution in [0.5, 0.6) is 0 Å². The van der Waals surface area contributed by atoms with Crippen molar-refractivity contribution in [3.05, 3.63) is 59.0 Å². The number of fused-ring (bicyclic) bond motifs is 2. The Balaban J connectivity index is 1.32. The van der Waals surface area contributed by atoms with E-state index >= 15 is 0 Å². The molecule has 2 amide bonds. The van der Waals surface area contributed by atoms with Crippen LogP contribution in [0.4, 0.5) is 0 Å². The number of furan rings is 1. The lowest BCUT2D eigenvalue weighted by Gasteiger charge is -2.40. The molecule has 158 valence electrons. The molecule has 1 spiro atoms. The van der Waals surface area contributed by atoms with Crippen molar-refractivity contribution in [3.63, 3.8) is 0 Å². The first-order chi connectivity index (χ1) is 14.6. The van der Waals surface area contributed by atoms with E-state index in [1.54, 1.807) is 6.26 Å². The molecule has 5 rings (SSSR count). The van der Waals surface area contributed by atoms with Gasteiger partial charge in [0.1, 0.15) is 0 Å². The van der Waals surface area contributed by atoms with Gasteiger partial charge in [-0.1, -0.05) is 24.3 Å². The molecule has 0 N–H and O–H groups in total. The number of likely N-dealkylation sites (tertiary alicyclic amines) is 2. The molecule has 0 radical (unpaired) electrons. The molecule has 3 aliphatic rings. The van der Waals surface area contributed by atoms with Gasteiger partial charge in [-0.15, -0.1) is 0 Å². The lowest BCUT2D eigenvalue weighted by molar-refractivity contribution is -0.130. The predicted molar refractivity (Wildman–Crippen MR) is 114 cm³/mol. The Labute approximate surface area is 178 Å². The van der Waals surface area contributed by atoms with Crippen LogP contribution in [0.1, 0.15) is 71.7 Å². The van der Waals surface area contributed by atoms with Crippen LogP contribution in [0, 0.1) is 6.92 Å². The Hall–Kier alpha value is -2.56. The van der Waals surface area contributed by atoms with E-state index in [4.69, 9.17) is 4.42 Å². The highest BCUT2D eigenvalue weighted by atomic mass is 16.3. The third kappa shape index (κ3) is 3.24. The van der Waals surface area contributed by atoms with E-state index in [0.29, 0.717) is 24.0 Å². The summed E-state index contributed by atoms with van der Waals surface area (Å²) in [5.74, 6) is 1.07. The molecular weight excluding hydrogens is 376 g/mol. The monoisotopic (exact) mass is 406 g/mol. The summed E-state index contributed by atoms with van der Waals surface area (Å²) in [5, 5.41) is 0. The number of hydrogen-bond donors (Lipinski definition) is 0. The van der Waals surface area contributed by atoms with Crippen molar-refractivity contribution in [2.24, 2.45) is 0 Å². The average molecular weight is 407 g/mol. The van der Waals surface area contributed by atoms with E-state index in [1.807, 2.05) is 22.8 Å². The summed E-state index contributed by atoms with van der Waals surface area (Å²) < 4.78 is 5.43. The third-order valence-corrected chi connectivity index (χ3v) is 7.55. The van der Waals surface area contributed by atoms with Gasteiger partial charge in [-0.2, -0.15) is 0 Å². The second-order valence-electron chi connectivity index (χ2n) is 9.29. The molecule has 2 aromatic rings. The number of carbonyl (C=O) groups is 2. The molecule has 5 heteroatoms. The van der Waals surface area contributed by atoms with Crippen LogP contribution < -0.4 is 0 Å². The van der Waals surface area contributed by atoms with Crippen molar-refractivity contribution < 1.29 is 14.0 Å². The number of piperidine rings is 1. The molecule has 1 aromatic carbocycles. The molecular formula is C25H30N2O3. The number of carbonyl (C=O) groups excluding carboxylic acids is 2. The zero-order chi connectivity index (χ0) is 20.7. The Morgan fingerprint density at radius 3 is 2.47 bits per heavy atom. The number of rotatable bonds is 3. The van der Waals surface area contributed by atoms with Gasteiger partial charge in [0.2, 0.25) is 5.91 Å². The summed E-state index contributed by atoms with van der Waals surface area (Å²) in [6.07, 6.45) is 7.39. The Kier molecular flexibility index (Phi) is 4.92. The smallest absolute Gasteiger partial charge is 0.289 e. The molecule has 2 fully saturated rings. The number of benzene rings is 1. The number of amides is 2. The summed E-state index contributed by atoms with van der Waals surface area (Å²) in [6.45, 7) is 5.22. The van der Waals surface area contributed by atoms with Gasteiger partial charge in [-0.05, 0) is 67.6 Å². The summed E-state index contributed by atoms with van der Waals surface area (Å²) >= 11 is 0. The minimum Gasteiger partial charge on any atom is -0.459 e. The van der Waals surface area contributed by atoms with Crippen molar-refractivity contribution in [3.8, 4) is 0 Å². The summed E-state index contributed by atoms with van der Waals surface area (Å²) in [5.41, 5.74) is 3.74. The van der Waals surface area contributed by atoms with Crippen LogP contribution in [0.3, 0.4) is 0 Å². The minimum absolute atomic E-state index is 0.000562. The van der Waals surface area contributed by atoms with Crippen LogP contribution in [0.15, 0.2) is 41.0 Å². The van der Waals surface area contributed by atoms with E-state index in [9.17, 15) is 9.59 Å². The molecule has 3 heterocycles. The zero-order valence-corrected chi connectivity index (χ0v) is 17.7. The average Bonchev–Trinajstić information content (AvgIpc) is 3.50. The van der Waals surface area contributed by atoms with Crippen molar-refractivity contribution in [2.75, 3.05) is 26.2 Å². The molecule has 0 unspecified atom stereocenters. The number of hydrogen-bond acceptors (Lipinski definition) is 3. The second kappa shape index (κ2) is 7.60. The first-order valence-electron chi connectivity index (χ1n) is 11.3. The maximum absolute atomic E-state index is 12.9. The van der Waals surface area contributed by atoms with Crippen molar-refractivity contribution in [1.29, 1.82) is 0 Å². The van der Waals surface area contributed by atoms with Gasteiger partial charge in [0.15, 0.2) is 5.76 Å². The number of aryl methyl sites for hydroxylation is 1. The number of nitrogens with zero attached hydrogens (tertiary/aromatic N) is 2. The topological polar surface area (TPSA) is 53.8 Å². The summed E-state index contributed by atoms with van der Waals surface area (Å²) in [4.78, 5) is 29.7. The van der Waals surface area contributed by atoms with Gasteiger partial charge in [0, 0.05) is 38.2 Å². The van der Waals surface area contributed by atoms with Gasteiger partial charge in [0.05, 0.1) is 6.26 Å². The van der Waals surface area contributed by atoms with Crippen molar-refractivity contribution >= 4 is 11.8 Å². The summed E-state index contributed by atoms with van der Waals surface area (Å²) in [7, 11) is 0. The van der Waals surface area contributed by atoms with Crippen LogP contribution in [0.25, 0.3) is 0 Å². The fourth-order valence-corrected chi connectivity index (χ4v) is 5.86. The Morgan fingerprint density at radius 2 is 1.77 bits per heavy atom. The molecule has 5 nitrogen and oxygen atoms in total. The standard InChI is InChI=1S/C25H30N2O3/c1-18-8-15-30-23(18)24(29)27-13-9-25(10-14-27)17-19(20-6-2-3-7-21(20)25)16-22(28)26-11-4-5-12-26/h2-3,6-8,15,19H,4-5,9-14,16-17H2,1H3/t19-/m1/s1. The van der Waals surface area contributed by atoms with Gasteiger partial charge >= 0.3 is 0 Å². The van der Waals surface area contributed by atoms with Gasteiger partial charge < -0.3 is 14.2 Å². The molecule has 2 saturated heterocycles. The predicted octanol–water partition coefficient (Wildman–Crippen LogP) is 4.26. The zero-order valence-electron chi connectivity index (χ0n) is 17.7. The Bertz CT molecular complexity index is 949. The third-order valence-electron chi connectivity index (χ3n) is 7.55. The van der Waals surface area contributed by atoms with Gasteiger partial charge in [-0.25, -0.2) is 0 Å². The van der Waals surface area contributed by atoms with E-state index in [0.717, 1.165) is 63.8 Å². The van der Waals surface area contributed by atoms with Crippen LogP contribution >= 0.6 is 0 Å². The lowest BCUT2D eigenvalue weighted by atomic mass is 9.73. The van der Waals surface area contributed by atoms with Crippen LogP contribution in [-0.2, 0) is 10.2 Å². The second-order valence-corrected chi connectivity index (χ2v) is 9.29.